The van der Waals surface area contributed by atoms with Crippen molar-refractivity contribution in [2.75, 3.05) is 19.0 Å². The van der Waals surface area contributed by atoms with E-state index in [-0.39, 0.29) is 17.9 Å². The van der Waals surface area contributed by atoms with Crippen molar-refractivity contribution >= 4 is 22.7 Å². The quantitative estimate of drug-likeness (QED) is 0.366. The number of methoxy groups -OCH3 is 1. The predicted octanol–water partition coefficient (Wildman–Crippen LogP) is 4.05. The average molecular weight is 476 g/mol. The molecule has 0 radical (unpaired) electrons. The Morgan fingerprint density at radius 2 is 2.09 bits per heavy atom. The molecule has 3 unspecified atom stereocenters. The molecule has 1 fully saturated rings. The highest BCUT2D eigenvalue weighted by molar-refractivity contribution is 5.79. The van der Waals surface area contributed by atoms with Crippen LogP contribution in [0.15, 0.2) is 48.8 Å². The third-order valence-electron chi connectivity index (χ3n) is 6.59. The second kappa shape index (κ2) is 10.1. The van der Waals surface area contributed by atoms with Crippen molar-refractivity contribution in [1.82, 2.24) is 30.2 Å². The minimum absolute atomic E-state index is 0.179. The Labute approximate surface area is 203 Å². The van der Waals surface area contributed by atoms with E-state index in [1.54, 1.807) is 18.1 Å². The van der Waals surface area contributed by atoms with E-state index in [1.165, 1.54) is 0 Å². The van der Waals surface area contributed by atoms with E-state index in [0.717, 1.165) is 48.0 Å². The molecule has 2 heterocycles. The number of anilines is 1. The second-order valence-electron chi connectivity index (χ2n) is 8.65. The lowest BCUT2D eigenvalue weighted by Gasteiger charge is -2.31. The first-order chi connectivity index (χ1) is 17.2. The Balaban J connectivity index is 1.57. The number of fused-ring (bicyclic) bond motifs is 1. The fourth-order valence-electron chi connectivity index (χ4n) is 4.93. The molecule has 0 spiro atoms. The van der Waals surface area contributed by atoms with Gasteiger partial charge in [-0.2, -0.15) is 0 Å². The first-order valence-corrected chi connectivity index (χ1v) is 12.0. The highest BCUT2D eigenvalue weighted by Crippen LogP contribution is 2.38. The molecule has 2 aromatic heterocycles. The first kappa shape index (κ1) is 22.8. The summed E-state index contributed by atoms with van der Waals surface area (Å²) in [5.41, 5.74) is 3.56. The smallest absolute Gasteiger partial charge is 0.311 e. The van der Waals surface area contributed by atoms with Crippen LogP contribution >= 0.6 is 0 Å². The Kier molecular flexibility index (Phi) is 6.60. The normalized spacial score (nSPS) is 18.8. The molecule has 35 heavy (non-hydrogen) atoms. The molecular formula is C25H29N7O3. The Hall–Kier alpha value is -3.95. The van der Waals surface area contributed by atoms with E-state index < -0.39 is 6.04 Å². The predicted molar refractivity (Wildman–Crippen MR) is 130 cm³/mol. The van der Waals surface area contributed by atoms with Gasteiger partial charge in [0.1, 0.15) is 11.8 Å². The van der Waals surface area contributed by atoms with Gasteiger partial charge in [0.05, 0.1) is 43.0 Å². The lowest BCUT2D eigenvalue weighted by Crippen LogP contribution is -2.33. The number of imidazole rings is 1. The van der Waals surface area contributed by atoms with Crippen molar-refractivity contribution in [3.8, 4) is 5.75 Å². The number of nitrogens with zero attached hydrogens (tertiary/aromatic N) is 5. The fraction of sp³-hybridized carbons (Fsp3) is 0.400. The highest BCUT2D eigenvalue weighted by Gasteiger charge is 2.37. The van der Waals surface area contributed by atoms with Gasteiger partial charge in [0.25, 0.3) is 0 Å². The maximum atomic E-state index is 12.8. The summed E-state index contributed by atoms with van der Waals surface area (Å²) < 4.78 is 12.9. The number of carbonyl (C=O) groups is 1. The molecule has 1 saturated carbocycles. The SMILES string of the molecule is CCOC(=O)C1CCCCC1n1nnnc1C(Nc1ccc2nc[nH]c2c1)c1ccccc1OC. The minimum atomic E-state index is -0.425. The van der Waals surface area contributed by atoms with Crippen molar-refractivity contribution in [2.45, 2.75) is 44.7 Å². The standard InChI is InChI=1S/C25H29N7O3/c1-3-35-25(33)17-8-4-6-10-21(17)32-24(29-30-31-32)23(18-9-5-7-11-22(18)34-2)28-16-12-13-19-20(14-16)27-15-26-19/h5,7,9,11-15,17,21,23,28H,3-4,6,8,10H2,1-2H3,(H,26,27). The van der Waals surface area contributed by atoms with E-state index in [9.17, 15) is 4.79 Å². The van der Waals surface area contributed by atoms with E-state index in [1.807, 2.05) is 49.4 Å². The molecule has 1 aliphatic rings. The van der Waals surface area contributed by atoms with Crippen molar-refractivity contribution in [1.29, 1.82) is 0 Å². The molecule has 10 nitrogen and oxygen atoms in total. The number of hydrogen-bond acceptors (Lipinski definition) is 8. The fourth-order valence-corrected chi connectivity index (χ4v) is 4.93. The molecule has 0 aliphatic heterocycles. The largest absolute Gasteiger partial charge is 0.496 e. The van der Waals surface area contributed by atoms with E-state index >= 15 is 0 Å². The number of ether oxygens (including phenoxy) is 2. The molecule has 0 amide bonds. The van der Waals surface area contributed by atoms with Gasteiger partial charge in [-0.3, -0.25) is 4.79 Å². The van der Waals surface area contributed by atoms with Crippen LogP contribution in [0.2, 0.25) is 0 Å². The van der Waals surface area contributed by atoms with Gasteiger partial charge in [0.15, 0.2) is 5.82 Å². The molecule has 1 aliphatic carbocycles. The summed E-state index contributed by atoms with van der Waals surface area (Å²) in [6, 6.07) is 13.1. The number of nitrogens with one attached hydrogen (secondary N) is 2. The maximum absolute atomic E-state index is 12.8. The first-order valence-electron chi connectivity index (χ1n) is 12.0. The minimum Gasteiger partial charge on any atom is -0.496 e. The van der Waals surface area contributed by atoms with Crippen LogP contribution in [-0.2, 0) is 9.53 Å². The Bertz CT molecular complexity index is 1300. The number of para-hydroxylation sites is 1. The summed E-state index contributed by atoms with van der Waals surface area (Å²) in [7, 11) is 1.65. The summed E-state index contributed by atoms with van der Waals surface area (Å²) in [4.78, 5) is 20.3. The topological polar surface area (TPSA) is 120 Å². The van der Waals surface area contributed by atoms with E-state index in [0.29, 0.717) is 18.2 Å². The van der Waals surface area contributed by atoms with Gasteiger partial charge in [0, 0.05) is 11.3 Å². The van der Waals surface area contributed by atoms with Gasteiger partial charge in [0.2, 0.25) is 0 Å². The summed E-state index contributed by atoms with van der Waals surface area (Å²) >= 11 is 0. The number of aromatic amines is 1. The van der Waals surface area contributed by atoms with Crippen LogP contribution in [0.5, 0.6) is 5.75 Å². The molecule has 2 N–H and O–H groups in total. The molecule has 0 saturated heterocycles. The third-order valence-corrected chi connectivity index (χ3v) is 6.59. The van der Waals surface area contributed by atoms with Gasteiger partial charge in [-0.05, 0) is 54.5 Å². The number of carbonyl (C=O) groups excluding carboxylic acids is 1. The van der Waals surface area contributed by atoms with Gasteiger partial charge >= 0.3 is 5.97 Å². The highest BCUT2D eigenvalue weighted by atomic mass is 16.5. The molecule has 5 rings (SSSR count). The lowest BCUT2D eigenvalue weighted by molar-refractivity contribution is -0.151. The average Bonchev–Trinajstić information content (AvgIpc) is 3.57. The summed E-state index contributed by atoms with van der Waals surface area (Å²) in [5, 5.41) is 16.4. The van der Waals surface area contributed by atoms with Crippen LogP contribution in [0.25, 0.3) is 11.0 Å². The van der Waals surface area contributed by atoms with Crippen LogP contribution in [0.1, 0.15) is 56.1 Å². The van der Waals surface area contributed by atoms with E-state index in [2.05, 4.69) is 30.8 Å². The van der Waals surface area contributed by atoms with Crippen molar-refractivity contribution in [3.63, 3.8) is 0 Å². The number of rotatable bonds is 8. The zero-order valence-electron chi connectivity index (χ0n) is 19.8. The zero-order chi connectivity index (χ0) is 24.2. The lowest BCUT2D eigenvalue weighted by atomic mass is 9.84. The number of benzene rings is 2. The maximum Gasteiger partial charge on any atom is 0.311 e. The van der Waals surface area contributed by atoms with Crippen LogP contribution in [0.4, 0.5) is 5.69 Å². The molecule has 3 atom stereocenters. The summed E-state index contributed by atoms with van der Waals surface area (Å²) in [6.07, 6.45) is 5.22. The van der Waals surface area contributed by atoms with Crippen LogP contribution in [0, 0.1) is 5.92 Å². The van der Waals surface area contributed by atoms with Crippen LogP contribution in [0.3, 0.4) is 0 Å². The third kappa shape index (κ3) is 4.55. The number of hydrogen-bond donors (Lipinski definition) is 2. The molecule has 2 aromatic carbocycles. The second-order valence-corrected chi connectivity index (χ2v) is 8.65. The molecule has 10 heteroatoms. The Morgan fingerprint density at radius 1 is 1.23 bits per heavy atom. The van der Waals surface area contributed by atoms with Crippen molar-refractivity contribution in [3.05, 3.63) is 60.2 Å². The van der Waals surface area contributed by atoms with Gasteiger partial charge in [-0.15, -0.1) is 5.10 Å². The van der Waals surface area contributed by atoms with E-state index in [4.69, 9.17) is 9.47 Å². The molecule has 4 aromatic rings. The van der Waals surface area contributed by atoms with Crippen LogP contribution in [-0.4, -0.2) is 49.9 Å². The number of H-pyrrole nitrogens is 1. The van der Waals surface area contributed by atoms with Crippen LogP contribution < -0.4 is 10.1 Å². The van der Waals surface area contributed by atoms with Crippen molar-refractivity contribution < 1.29 is 14.3 Å². The number of aromatic nitrogens is 6. The molecule has 182 valence electrons. The number of tetrazole rings is 1. The van der Waals surface area contributed by atoms with Gasteiger partial charge in [-0.25, -0.2) is 9.67 Å². The summed E-state index contributed by atoms with van der Waals surface area (Å²) in [6.45, 7) is 2.18. The van der Waals surface area contributed by atoms with Crippen molar-refractivity contribution in [2.24, 2.45) is 5.92 Å². The van der Waals surface area contributed by atoms with Gasteiger partial charge < -0.3 is 19.8 Å². The molecule has 0 bridgehead atoms. The molecular weight excluding hydrogens is 446 g/mol. The Morgan fingerprint density at radius 3 is 2.94 bits per heavy atom. The van der Waals surface area contributed by atoms with Gasteiger partial charge in [-0.1, -0.05) is 31.0 Å². The number of esters is 1. The summed E-state index contributed by atoms with van der Waals surface area (Å²) in [5.74, 6) is 0.851. The zero-order valence-corrected chi connectivity index (χ0v) is 19.8. The monoisotopic (exact) mass is 475 g/mol.